The number of aliphatic imine (C=N–C) groups is 1. The molecule has 7 nitrogen and oxygen atoms in total. The molecule has 0 aliphatic rings. The van der Waals surface area contributed by atoms with Crippen molar-refractivity contribution in [3.63, 3.8) is 0 Å². The molecule has 0 aliphatic heterocycles. The lowest BCUT2D eigenvalue weighted by atomic mass is 10.1. The first kappa shape index (κ1) is 19.0. The fourth-order valence-electron chi connectivity index (χ4n) is 2.15. The highest BCUT2D eigenvalue weighted by Gasteiger charge is 2.21. The van der Waals surface area contributed by atoms with Crippen LogP contribution in [0.3, 0.4) is 0 Å². The summed E-state index contributed by atoms with van der Waals surface area (Å²) in [7, 11) is 4.09. The zero-order chi connectivity index (χ0) is 18.7. The van der Waals surface area contributed by atoms with Crippen LogP contribution in [0.4, 0.5) is 0 Å². The molecule has 25 heavy (non-hydrogen) atoms. The summed E-state index contributed by atoms with van der Waals surface area (Å²) in [6, 6.07) is 6.52. The maximum Gasteiger partial charge on any atom is 0.333 e. The zero-order valence-corrected chi connectivity index (χ0v) is 15.4. The van der Waals surface area contributed by atoms with E-state index in [1.54, 1.807) is 24.3 Å². The number of aromatic nitrogens is 2. The van der Waals surface area contributed by atoms with E-state index in [1.807, 2.05) is 0 Å². The van der Waals surface area contributed by atoms with Crippen molar-refractivity contribution in [3.8, 4) is 5.88 Å². The van der Waals surface area contributed by atoms with Gasteiger partial charge in [0, 0.05) is 31.7 Å². The van der Waals surface area contributed by atoms with E-state index >= 15 is 0 Å². The van der Waals surface area contributed by atoms with E-state index in [9.17, 15) is 19.5 Å². The van der Waals surface area contributed by atoms with Crippen LogP contribution in [-0.4, -0.2) is 37.9 Å². The third-order valence-corrected chi connectivity index (χ3v) is 4.84. The molecule has 1 aromatic heterocycles. The molecule has 2 rings (SSSR count). The highest BCUT2D eigenvalue weighted by molar-refractivity contribution is 8.15. The van der Waals surface area contributed by atoms with Gasteiger partial charge in [0.15, 0.2) is 5.78 Å². The van der Waals surface area contributed by atoms with Crippen LogP contribution < -0.4 is 11.2 Å². The van der Waals surface area contributed by atoms with Gasteiger partial charge >= 0.3 is 5.69 Å². The molecule has 132 valence electrons. The Morgan fingerprint density at radius 2 is 1.96 bits per heavy atom. The summed E-state index contributed by atoms with van der Waals surface area (Å²) in [5, 5.41) is 10.8. The summed E-state index contributed by atoms with van der Waals surface area (Å²) in [4.78, 5) is 40.4. The van der Waals surface area contributed by atoms with Crippen molar-refractivity contribution < 1.29 is 9.90 Å². The Morgan fingerprint density at radius 1 is 1.28 bits per heavy atom. The Labute approximate surface area is 152 Å². The van der Waals surface area contributed by atoms with Crippen molar-refractivity contribution >= 4 is 34.2 Å². The van der Waals surface area contributed by atoms with Gasteiger partial charge in [0.2, 0.25) is 5.88 Å². The maximum atomic E-state index is 12.3. The van der Waals surface area contributed by atoms with Gasteiger partial charge in [0.05, 0.1) is 5.75 Å². The normalized spacial score (nSPS) is 11.6. The molecule has 0 fully saturated rings. The van der Waals surface area contributed by atoms with Gasteiger partial charge < -0.3 is 5.11 Å². The Morgan fingerprint density at radius 3 is 2.56 bits per heavy atom. The van der Waals surface area contributed by atoms with Crippen LogP contribution >= 0.6 is 23.4 Å². The summed E-state index contributed by atoms with van der Waals surface area (Å²) < 4.78 is 1.82. The number of hydrogen-bond donors (Lipinski definition) is 1. The van der Waals surface area contributed by atoms with Crippen molar-refractivity contribution in [2.75, 3.05) is 12.8 Å². The smallest absolute Gasteiger partial charge is 0.333 e. The average Bonchev–Trinajstić information content (AvgIpc) is 2.60. The van der Waals surface area contributed by atoms with Gasteiger partial charge in [0.1, 0.15) is 10.6 Å². The molecular formula is C16H16ClN3O4S. The minimum absolute atomic E-state index is 0.00154. The van der Waals surface area contributed by atoms with E-state index in [0.29, 0.717) is 10.6 Å². The van der Waals surface area contributed by atoms with Crippen LogP contribution in [0, 0.1) is 0 Å². The molecule has 0 atom stereocenters. The Hall–Kier alpha value is -2.32. The molecule has 0 unspecified atom stereocenters. The molecule has 0 aliphatic carbocycles. The molecule has 1 N–H and O–H groups in total. The zero-order valence-electron chi connectivity index (χ0n) is 13.8. The van der Waals surface area contributed by atoms with Gasteiger partial charge in [-0.3, -0.25) is 23.7 Å². The topological polar surface area (TPSA) is 93.7 Å². The molecule has 2 aromatic rings. The first-order valence-electron chi connectivity index (χ1n) is 7.15. The minimum atomic E-state index is -0.677. The van der Waals surface area contributed by atoms with E-state index in [4.69, 9.17) is 11.6 Å². The van der Waals surface area contributed by atoms with Crippen molar-refractivity contribution in [3.05, 3.63) is 61.3 Å². The third-order valence-electron chi connectivity index (χ3n) is 3.54. The highest BCUT2D eigenvalue weighted by atomic mass is 35.5. The Bertz CT molecular complexity index is 978. The van der Waals surface area contributed by atoms with E-state index in [0.717, 1.165) is 20.9 Å². The van der Waals surface area contributed by atoms with Crippen LogP contribution in [-0.2, 0) is 14.1 Å². The number of benzene rings is 1. The summed E-state index contributed by atoms with van der Waals surface area (Å²) in [5.74, 6) is -0.690. The minimum Gasteiger partial charge on any atom is -0.494 e. The van der Waals surface area contributed by atoms with E-state index in [1.165, 1.54) is 21.1 Å². The van der Waals surface area contributed by atoms with Crippen LogP contribution in [0.5, 0.6) is 5.88 Å². The highest BCUT2D eigenvalue weighted by Crippen LogP contribution is 2.20. The Kier molecular flexibility index (Phi) is 5.86. The molecule has 0 radical (unpaired) electrons. The lowest BCUT2D eigenvalue weighted by Crippen LogP contribution is -2.39. The van der Waals surface area contributed by atoms with Gasteiger partial charge in [0.25, 0.3) is 5.56 Å². The van der Waals surface area contributed by atoms with Crippen molar-refractivity contribution in [2.45, 2.75) is 0 Å². The van der Waals surface area contributed by atoms with Gasteiger partial charge in [-0.1, -0.05) is 35.5 Å². The summed E-state index contributed by atoms with van der Waals surface area (Å²) in [6.45, 7) is 0. The van der Waals surface area contributed by atoms with Crippen LogP contribution in [0.2, 0.25) is 5.02 Å². The van der Waals surface area contributed by atoms with Crippen LogP contribution in [0.15, 0.2) is 38.8 Å². The Balaban J connectivity index is 2.33. The van der Waals surface area contributed by atoms with Crippen molar-refractivity contribution in [1.82, 2.24) is 9.13 Å². The quantitative estimate of drug-likeness (QED) is 0.491. The first-order valence-corrected chi connectivity index (χ1v) is 8.52. The molecular weight excluding hydrogens is 366 g/mol. The van der Waals surface area contributed by atoms with E-state index in [-0.39, 0.29) is 22.1 Å². The number of ketones is 1. The second-order valence-corrected chi connectivity index (χ2v) is 6.56. The number of carbonyl (C=O) groups is 1. The number of halogens is 1. The third kappa shape index (κ3) is 3.85. The molecule has 0 saturated heterocycles. The predicted molar refractivity (Wildman–Crippen MR) is 99.3 cm³/mol. The second kappa shape index (κ2) is 7.71. The second-order valence-electron chi connectivity index (χ2n) is 5.16. The van der Waals surface area contributed by atoms with Crippen LogP contribution in [0.25, 0.3) is 0 Å². The predicted octanol–water partition coefficient (Wildman–Crippen LogP) is 1.44. The summed E-state index contributed by atoms with van der Waals surface area (Å²) in [6.07, 6.45) is 0. The standard InChI is InChI=1S/C16H16ClN3O4S/c1-18-13(12-14(22)19(2)16(24)20(3)15(12)23)25-8-11(21)9-5-4-6-10(17)7-9/h4-7,22H,8H2,1-3H3. The molecule has 9 heteroatoms. The van der Waals surface area contributed by atoms with Gasteiger partial charge in [-0.15, -0.1) is 0 Å². The lowest BCUT2D eigenvalue weighted by Gasteiger charge is -2.11. The van der Waals surface area contributed by atoms with Crippen molar-refractivity contribution in [2.24, 2.45) is 19.1 Å². The number of hydrogen-bond acceptors (Lipinski definition) is 6. The number of nitrogens with zero attached hydrogens (tertiary/aromatic N) is 3. The van der Waals surface area contributed by atoms with Gasteiger partial charge in [-0.2, -0.15) is 0 Å². The fraction of sp³-hybridized carbons (Fsp3) is 0.250. The summed E-state index contributed by atoms with van der Waals surface area (Å²) >= 11 is 6.88. The van der Waals surface area contributed by atoms with Gasteiger partial charge in [-0.25, -0.2) is 4.79 Å². The molecule has 0 bridgehead atoms. The number of thioether (sulfide) groups is 1. The summed E-state index contributed by atoms with van der Waals surface area (Å²) in [5.41, 5.74) is -1.00. The van der Waals surface area contributed by atoms with Crippen molar-refractivity contribution in [1.29, 1.82) is 0 Å². The number of carbonyl (C=O) groups excluding carboxylic acids is 1. The first-order chi connectivity index (χ1) is 11.8. The monoisotopic (exact) mass is 381 g/mol. The molecule has 0 saturated carbocycles. The average molecular weight is 382 g/mol. The SMILES string of the molecule is CN=C(SCC(=O)c1cccc(Cl)c1)c1c(O)n(C)c(=O)n(C)c1=O. The number of aromatic hydroxyl groups is 1. The number of Topliss-reactive ketones (excluding diaryl/α,β-unsaturated/α-hetero) is 1. The molecule has 0 spiro atoms. The molecule has 1 heterocycles. The van der Waals surface area contributed by atoms with Crippen LogP contribution in [0.1, 0.15) is 15.9 Å². The van der Waals surface area contributed by atoms with E-state index < -0.39 is 17.1 Å². The molecule has 0 amide bonds. The largest absolute Gasteiger partial charge is 0.494 e. The molecule has 1 aromatic carbocycles. The fourth-order valence-corrected chi connectivity index (χ4v) is 3.23. The van der Waals surface area contributed by atoms with E-state index in [2.05, 4.69) is 4.99 Å². The maximum absolute atomic E-state index is 12.3. The van der Waals surface area contributed by atoms with Gasteiger partial charge in [-0.05, 0) is 12.1 Å². The lowest BCUT2D eigenvalue weighted by molar-refractivity contribution is 0.102. The number of rotatable bonds is 4.